The Balaban J connectivity index is 1.64. The minimum atomic E-state index is -0.399. The molecule has 0 bridgehead atoms. The molecule has 0 spiro atoms. The van der Waals surface area contributed by atoms with E-state index in [1.807, 2.05) is 31.4 Å². The smallest absolute Gasteiger partial charge is 0.269 e. The predicted octanol–water partition coefficient (Wildman–Crippen LogP) is 2.86. The average Bonchev–Trinajstić information content (AvgIpc) is 3.21. The van der Waals surface area contributed by atoms with Crippen LogP contribution in [0.1, 0.15) is 5.56 Å². The number of nitrogens with zero attached hydrogens (tertiary/aromatic N) is 6. The second-order valence-corrected chi connectivity index (χ2v) is 5.86. The van der Waals surface area contributed by atoms with Gasteiger partial charge in [-0.15, -0.1) is 0 Å². The molecular weight excluding hydrogens is 334 g/mol. The van der Waals surface area contributed by atoms with E-state index >= 15 is 0 Å². The number of aryl methyl sites for hydroxylation is 1. The third-order valence-corrected chi connectivity index (χ3v) is 3.95. The van der Waals surface area contributed by atoms with Gasteiger partial charge >= 0.3 is 0 Å². The molecule has 0 aliphatic rings. The number of hydrogen-bond acceptors (Lipinski definition) is 6. The van der Waals surface area contributed by atoms with Crippen LogP contribution in [-0.4, -0.2) is 29.5 Å². The van der Waals surface area contributed by atoms with Gasteiger partial charge in [0.25, 0.3) is 5.69 Å². The molecule has 0 aliphatic heterocycles. The van der Waals surface area contributed by atoms with Crippen LogP contribution in [0.5, 0.6) is 0 Å². The van der Waals surface area contributed by atoms with Gasteiger partial charge in [0.1, 0.15) is 5.82 Å². The topological polar surface area (TPSA) is 104 Å². The van der Waals surface area contributed by atoms with Crippen LogP contribution in [-0.2, 0) is 13.6 Å². The van der Waals surface area contributed by atoms with Crippen LogP contribution < -0.4 is 5.32 Å². The SMILES string of the molecule is Cn1ccc(Nc2cc3c(cn2)cnn3Cc2cccc([N+](=O)[O-])c2)n1. The molecule has 1 N–H and O–H groups in total. The van der Waals surface area contributed by atoms with E-state index in [0.717, 1.165) is 16.5 Å². The van der Waals surface area contributed by atoms with Gasteiger partial charge in [-0.2, -0.15) is 10.2 Å². The molecule has 9 nitrogen and oxygen atoms in total. The number of nitro groups is 1. The van der Waals surface area contributed by atoms with Crippen molar-refractivity contribution in [2.45, 2.75) is 6.54 Å². The molecule has 4 rings (SSSR count). The minimum absolute atomic E-state index is 0.0677. The maximum Gasteiger partial charge on any atom is 0.269 e. The van der Waals surface area contributed by atoms with Crippen LogP contribution in [0.3, 0.4) is 0 Å². The maximum absolute atomic E-state index is 10.9. The molecule has 0 fully saturated rings. The lowest BCUT2D eigenvalue weighted by Gasteiger charge is -2.06. The normalized spacial score (nSPS) is 11.0. The van der Waals surface area contributed by atoms with E-state index in [4.69, 9.17) is 0 Å². The first kappa shape index (κ1) is 15.8. The first-order valence-corrected chi connectivity index (χ1v) is 7.90. The Hall–Kier alpha value is -3.75. The summed E-state index contributed by atoms with van der Waals surface area (Å²) in [7, 11) is 1.84. The van der Waals surface area contributed by atoms with Crippen molar-refractivity contribution in [3.8, 4) is 0 Å². The molecule has 0 radical (unpaired) electrons. The molecular formula is C17H15N7O2. The third-order valence-electron chi connectivity index (χ3n) is 3.95. The van der Waals surface area contributed by atoms with Crippen LogP contribution in [0.15, 0.2) is 55.0 Å². The molecule has 0 saturated heterocycles. The second kappa shape index (κ2) is 6.28. The van der Waals surface area contributed by atoms with Crippen LogP contribution >= 0.6 is 0 Å². The summed E-state index contributed by atoms with van der Waals surface area (Å²) in [4.78, 5) is 14.9. The quantitative estimate of drug-likeness (QED) is 0.439. The van der Waals surface area contributed by atoms with Crippen molar-refractivity contribution in [2.24, 2.45) is 7.05 Å². The zero-order valence-corrected chi connectivity index (χ0v) is 13.9. The van der Waals surface area contributed by atoms with Crippen LogP contribution in [0.2, 0.25) is 0 Å². The number of hydrogen-bond donors (Lipinski definition) is 1. The summed E-state index contributed by atoms with van der Waals surface area (Å²) >= 11 is 0. The highest BCUT2D eigenvalue weighted by Crippen LogP contribution is 2.21. The summed E-state index contributed by atoms with van der Waals surface area (Å²) in [5, 5.41) is 23.6. The van der Waals surface area contributed by atoms with Crippen molar-refractivity contribution in [3.63, 3.8) is 0 Å². The fourth-order valence-corrected chi connectivity index (χ4v) is 2.72. The molecule has 0 aliphatic carbocycles. The van der Waals surface area contributed by atoms with E-state index in [1.54, 1.807) is 33.9 Å². The van der Waals surface area contributed by atoms with Crippen molar-refractivity contribution in [2.75, 3.05) is 5.32 Å². The zero-order chi connectivity index (χ0) is 18.1. The van der Waals surface area contributed by atoms with Gasteiger partial charge in [-0.1, -0.05) is 12.1 Å². The van der Waals surface area contributed by atoms with E-state index in [9.17, 15) is 10.1 Å². The number of aromatic nitrogens is 5. The first-order chi connectivity index (χ1) is 12.6. The van der Waals surface area contributed by atoms with Crippen molar-refractivity contribution in [1.82, 2.24) is 24.5 Å². The van der Waals surface area contributed by atoms with Gasteiger partial charge < -0.3 is 5.32 Å². The number of benzene rings is 1. The molecule has 3 heterocycles. The number of non-ortho nitro benzene ring substituents is 1. The fourth-order valence-electron chi connectivity index (χ4n) is 2.72. The maximum atomic E-state index is 10.9. The molecule has 130 valence electrons. The summed E-state index contributed by atoms with van der Waals surface area (Å²) in [6.45, 7) is 0.429. The Morgan fingerprint density at radius 3 is 2.85 bits per heavy atom. The fraction of sp³-hybridized carbons (Fsp3) is 0.118. The van der Waals surface area contributed by atoms with E-state index in [0.29, 0.717) is 18.2 Å². The Labute approximate surface area is 148 Å². The first-order valence-electron chi connectivity index (χ1n) is 7.90. The number of fused-ring (bicyclic) bond motifs is 1. The predicted molar refractivity (Wildman–Crippen MR) is 96.2 cm³/mol. The summed E-state index contributed by atoms with van der Waals surface area (Å²) in [5.74, 6) is 1.35. The molecule has 3 aromatic heterocycles. The van der Waals surface area contributed by atoms with Crippen LogP contribution in [0.4, 0.5) is 17.3 Å². The van der Waals surface area contributed by atoms with Crippen molar-refractivity contribution in [1.29, 1.82) is 0 Å². The van der Waals surface area contributed by atoms with E-state index < -0.39 is 4.92 Å². The highest BCUT2D eigenvalue weighted by atomic mass is 16.6. The average molecular weight is 349 g/mol. The molecule has 4 aromatic rings. The number of anilines is 2. The lowest BCUT2D eigenvalue weighted by molar-refractivity contribution is -0.384. The Kier molecular flexibility index (Phi) is 3.81. The van der Waals surface area contributed by atoms with Gasteiger partial charge in [-0.05, 0) is 5.56 Å². The Morgan fingerprint density at radius 2 is 2.08 bits per heavy atom. The highest BCUT2D eigenvalue weighted by Gasteiger charge is 2.10. The lowest BCUT2D eigenvalue weighted by Crippen LogP contribution is -2.03. The van der Waals surface area contributed by atoms with Crippen LogP contribution in [0.25, 0.3) is 10.9 Å². The molecule has 0 atom stereocenters. The van der Waals surface area contributed by atoms with Crippen molar-refractivity contribution < 1.29 is 4.92 Å². The molecule has 1 aromatic carbocycles. The van der Waals surface area contributed by atoms with Gasteiger partial charge in [0, 0.05) is 49.1 Å². The number of nitro benzene ring substituents is 1. The molecule has 0 saturated carbocycles. The van der Waals surface area contributed by atoms with Crippen molar-refractivity contribution in [3.05, 3.63) is 70.7 Å². The van der Waals surface area contributed by atoms with Crippen LogP contribution in [0, 0.1) is 10.1 Å². The van der Waals surface area contributed by atoms with Gasteiger partial charge in [0.05, 0.1) is 23.2 Å². The Bertz CT molecular complexity index is 1100. The van der Waals surface area contributed by atoms with Gasteiger partial charge in [-0.25, -0.2) is 4.98 Å². The van der Waals surface area contributed by atoms with E-state index in [-0.39, 0.29) is 5.69 Å². The second-order valence-electron chi connectivity index (χ2n) is 5.86. The number of rotatable bonds is 5. The monoisotopic (exact) mass is 349 g/mol. The zero-order valence-electron chi connectivity index (χ0n) is 13.9. The Morgan fingerprint density at radius 1 is 1.19 bits per heavy atom. The summed E-state index contributed by atoms with van der Waals surface area (Å²) in [6.07, 6.45) is 5.30. The largest absolute Gasteiger partial charge is 0.323 e. The van der Waals surface area contributed by atoms with Gasteiger partial charge in [0.15, 0.2) is 5.82 Å². The third kappa shape index (κ3) is 3.09. The molecule has 0 amide bonds. The summed E-state index contributed by atoms with van der Waals surface area (Å²) in [6, 6.07) is 10.3. The number of nitrogens with one attached hydrogen (secondary N) is 1. The van der Waals surface area contributed by atoms with E-state index in [2.05, 4.69) is 20.5 Å². The van der Waals surface area contributed by atoms with Crippen molar-refractivity contribution >= 4 is 28.2 Å². The summed E-state index contributed by atoms with van der Waals surface area (Å²) in [5.41, 5.74) is 1.75. The van der Waals surface area contributed by atoms with Gasteiger partial charge in [-0.3, -0.25) is 19.5 Å². The molecule has 0 unspecified atom stereocenters. The molecule has 26 heavy (non-hydrogen) atoms. The number of pyridine rings is 1. The molecule has 9 heteroatoms. The highest BCUT2D eigenvalue weighted by molar-refractivity contribution is 5.80. The lowest BCUT2D eigenvalue weighted by atomic mass is 10.2. The van der Waals surface area contributed by atoms with E-state index in [1.165, 1.54) is 6.07 Å². The standard InChI is InChI=1S/C17H15N7O2/c1-22-6-5-16(21-22)20-17-8-15-13(9-18-17)10-19-23(15)11-12-3-2-4-14(7-12)24(25)26/h2-10H,11H2,1H3,(H,18,20,21). The summed E-state index contributed by atoms with van der Waals surface area (Å²) < 4.78 is 3.49. The van der Waals surface area contributed by atoms with Gasteiger partial charge in [0.2, 0.25) is 0 Å². The minimum Gasteiger partial charge on any atom is -0.323 e.